The number of anilines is 2. The van der Waals surface area contributed by atoms with Gasteiger partial charge in [-0.3, -0.25) is 4.98 Å². The first kappa shape index (κ1) is 18.4. The molecule has 4 aromatic rings. The molecular weight excluding hydrogens is 374 g/mol. The summed E-state index contributed by atoms with van der Waals surface area (Å²) in [5, 5.41) is 10.9. The number of nitrogens with zero attached hydrogens (tertiary/aromatic N) is 5. The Kier molecular flexibility index (Phi) is 4.82. The molecule has 29 heavy (non-hydrogen) atoms. The molecular formula is C19H19N7O3. The highest BCUT2D eigenvalue weighted by atomic mass is 16.6. The first-order valence-corrected chi connectivity index (χ1v) is 8.96. The number of methoxy groups -OCH3 is 1. The van der Waals surface area contributed by atoms with Gasteiger partial charge in [-0.2, -0.15) is 0 Å². The van der Waals surface area contributed by atoms with Gasteiger partial charge in [-0.25, -0.2) is 14.4 Å². The smallest absolute Gasteiger partial charge is 0.337 e. The van der Waals surface area contributed by atoms with Crippen LogP contribution in [0, 0.1) is 0 Å². The predicted molar refractivity (Wildman–Crippen MR) is 106 cm³/mol. The number of carbonyl (C=O) groups is 1. The van der Waals surface area contributed by atoms with Gasteiger partial charge in [-0.1, -0.05) is 12.1 Å². The number of carbonyl (C=O) groups excluding carboxylic acids is 1. The Labute approximate surface area is 165 Å². The highest BCUT2D eigenvalue weighted by Gasteiger charge is 2.20. The first-order valence-electron chi connectivity index (χ1n) is 8.96. The molecule has 1 aromatic carbocycles. The lowest BCUT2D eigenvalue weighted by molar-refractivity contribution is 0.0600. The Bertz CT molecular complexity index is 1160. The molecule has 0 saturated heterocycles. The Balaban J connectivity index is 1.65. The molecule has 3 heterocycles. The van der Waals surface area contributed by atoms with Crippen LogP contribution in [0.1, 0.15) is 22.8 Å². The number of aromatic nitrogens is 5. The van der Waals surface area contributed by atoms with Crippen molar-refractivity contribution in [2.24, 2.45) is 0 Å². The van der Waals surface area contributed by atoms with Crippen molar-refractivity contribution in [2.75, 3.05) is 18.2 Å². The van der Waals surface area contributed by atoms with E-state index in [4.69, 9.17) is 15.1 Å². The average molecular weight is 393 g/mol. The second-order valence-corrected chi connectivity index (χ2v) is 6.27. The summed E-state index contributed by atoms with van der Waals surface area (Å²) in [6, 6.07) is 7.21. The Hall–Kier alpha value is -3.95. The molecule has 0 saturated carbocycles. The predicted octanol–water partition coefficient (Wildman–Crippen LogP) is 2.48. The van der Waals surface area contributed by atoms with Crippen LogP contribution in [0.5, 0.6) is 0 Å². The lowest BCUT2D eigenvalue weighted by atomic mass is 10.1. The Morgan fingerprint density at radius 3 is 2.69 bits per heavy atom. The van der Waals surface area contributed by atoms with Gasteiger partial charge in [-0.15, -0.1) is 0 Å². The quantitative estimate of drug-likeness (QED) is 0.474. The summed E-state index contributed by atoms with van der Waals surface area (Å²) in [5.41, 5.74) is 10.2. The maximum Gasteiger partial charge on any atom is 0.337 e. The zero-order valence-corrected chi connectivity index (χ0v) is 15.9. The number of ether oxygens (including phenoxy) is 1. The number of imidazole rings is 1. The second kappa shape index (κ2) is 7.58. The molecule has 0 aliphatic rings. The standard InChI is InChI=1S/C19H19N7O3/c1-3-26-16-13(22-8-11-4-6-12(7-5-11)19(27)28-2)9-21-10-14(16)23-18(26)15-17(20)25-29-24-15/h4-7,9-10,22H,3,8H2,1-2H3,(H2,20,25). The van der Waals surface area contributed by atoms with Crippen molar-refractivity contribution in [3.63, 3.8) is 0 Å². The zero-order valence-electron chi connectivity index (χ0n) is 15.9. The van der Waals surface area contributed by atoms with Crippen LogP contribution in [0.3, 0.4) is 0 Å². The van der Waals surface area contributed by atoms with Crippen molar-refractivity contribution >= 4 is 28.5 Å². The lowest BCUT2D eigenvalue weighted by Crippen LogP contribution is -2.05. The van der Waals surface area contributed by atoms with Crippen molar-refractivity contribution in [1.82, 2.24) is 24.8 Å². The van der Waals surface area contributed by atoms with Crippen LogP contribution in [0.15, 0.2) is 41.3 Å². The van der Waals surface area contributed by atoms with Gasteiger partial charge >= 0.3 is 5.97 Å². The van der Waals surface area contributed by atoms with Crippen LogP contribution in [0.4, 0.5) is 11.5 Å². The molecule has 0 fully saturated rings. The maximum atomic E-state index is 11.6. The van der Waals surface area contributed by atoms with Crippen LogP contribution in [-0.4, -0.2) is 37.9 Å². The fourth-order valence-corrected chi connectivity index (χ4v) is 3.13. The van der Waals surface area contributed by atoms with Gasteiger partial charge in [0.25, 0.3) is 0 Å². The molecule has 148 valence electrons. The molecule has 3 aromatic heterocycles. The van der Waals surface area contributed by atoms with Gasteiger partial charge in [-0.05, 0) is 34.9 Å². The third-order valence-electron chi connectivity index (χ3n) is 4.55. The monoisotopic (exact) mass is 393 g/mol. The molecule has 10 heteroatoms. The molecule has 0 bridgehead atoms. The molecule has 0 atom stereocenters. The topological polar surface area (TPSA) is 134 Å². The Morgan fingerprint density at radius 1 is 1.24 bits per heavy atom. The normalized spacial score (nSPS) is 11.0. The summed E-state index contributed by atoms with van der Waals surface area (Å²) < 4.78 is 11.4. The van der Waals surface area contributed by atoms with E-state index in [9.17, 15) is 4.79 Å². The van der Waals surface area contributed by atoms with Crippen molar-refractivity contribution in [2.45, 2.75) is 20.0 Å². The van der Waals surface area contributed by atoms with Crippen molar-refractivity contribution in [1.29, 1.82) is 0 Å². The molecule has 0 aliphatic carbocycles. The Morgan fingerprint density at radius 2 is 2.03 bits per heavy atom. The van der Waals surface area contributed by atoms with E-state index in [1.54, 1.807) is 24.5 Å². The molecule has 0 amide bonds. The highest BCUT2D eigenvalue weighted by molar-refractivity contribution is 5.91. The first-order chi connectivity index (χ1) is 14.1. The van der Waals surface area contributed by atoms with Gasteiger partial charge in [0.15, 0.2) is 17.3 Å². The number of nitrogen functional groups attached to an aromatic ring is 1. The second-order valence-electron chi connectivity index (χ2n) is 6.27. The van der Waals surface area contributed by atoms with Gasteiger partial charge in [0.1, 0.15) is 5.52 Å². The molecule has 4 rings (SSSR count). The third-order valence-corrected chi connectivity index (χ3v) is 4.55. The number of nitrogens with two attached hydrogens (primary N) is 1. The summed E-state index contributed by atoms with van der Waals surface area (Å²) in [4.78, 5) is 20.4. The number of nitrogens with one attached hydrogen (secondary N) is 1. The van der Waals surface area contributed by atoms with Gasteiger partial charge in [0.05, 0.1) is 36.3 Å². The molecule has 0 spiro atoms. The van der Waals surface area contributed by atoms with Crippen LogP contribution >= 0.6 is 0 Å². The highest BCUT2D eigenvalue weighted by Crippen LogP contribution is 2.30. The number of benzene rings is 1. The van der Waals surface area contributed by atoms with E-state index in [1.807, 2.05) is 23.6 Å². The van der Waals surface area contributed by atoms with Crippen molar-refractivity contribution in [3.8, 4) is 11.5 Å². The summed E-state index contributed by atoms with van der Waals surface area (Å²) in [5.74, 6) is 0.391. The van der Waals surface area contributed by atoms with Crippen LogP contribution in [0.2, 0.25) is 0 Å². The number of rotatable bonds is 6. The minimum atomic E-state index is -0.362. The number of pyridine rings is 1. The summed E-state index contributed by atoms with van der Waals surface area (Å²) in [6.07, 6.45) is 3.43. The number of aryl methyl sites for hydroxylation is 1. The fourth-order valence-electron chi connectivity index (χ4n) is 3.13. The molecule has 0 unspecified atom stereocenters. The van der Waals surface area contributed by atoms with E-state index in [0.717, 1.165) is 16.8 Å². The van der Waals surface area contributed by atoms with E-state index >= 15 is 0 Å². The SMILES string of the molecule is CCn1c(-c2nonc2N)nc2cncc(NCc3ccc(C(=O)OC)cc3)c21. The van der Waals surface area contributed by atoms with Crippen molar-refractivity contribution < 1.29 is 14.2 Å². The summed E-state index contributed by atoms with van der Waals surface area (Å²) in [7, 11) is 1.36. The van der Waals surface area contributed by atoms with Crippen molar-refractivity contribution in [3.05, 3.63) is 47.8 Å². The average Bonchev–Trinajstić information content (AvgIpc) is 3.34. The summed E-state index contributed by atoms with van der Waals surface area (Å²) in [6.45, 7) is 3.19. The zero-order chi connectivity index (χ0) is 20.4. The van der Waals surface area contributed by atoms with E-state index in [0.29, 0.717) is 35.7 Å². The number of hydrogen-bond donors (Lipinski definition) is 2. The third kappa shape index (κ3) is 3.35. The van der Waals surface area contributed by atoms with Crippen LogP contribution in [0.25, 0.3) is 22.6 Å². The van der Waals surface area contributed by atoms with Gasteiger partial charge < -0.3 is 20.4 Å². The summed E-state index contributed by atoms with van der Waals surface area (Å²) >= 11 is 0. The number of hydrogen-bond acceptors (Lipinski definition) is 9. The van der Waals surface area contributed by atoms with Crippen LogP contribution in [-0.2, 0) is 17.8 Å². The van der Waals surface area contributed by atoms with E-state index in [2.05, 4.69) is 25.6 Å². The molecule has 10 nitrogen and oxygen atoms in total. The van der Waals surface area contributed by atoms with E-state index in [-0.39, 0.29) is 11.8 Å². The molecule has 0 aliphatic heterocycles. The fraction of sp³-hybridized carbons (Fsp3) is 0.211. The van der Waals surface area contributed by atoms with E-state index in [1.165, 1.54) is 7.11 Å². The minimum Gasteiger partial charge on any atom is -0.465 e. The molecule has 3 N–H and O–H groups in total. The number of fused-ring (bicyclic) bond motifs is 1. The van der Waals surface area contributed by atoms with Gasteiger partial charge in [0.2, 0.25) is 0 Å². The number of esters is 1. The van der Waals surface area contributed by atoms with E-state index < -0.39 is 0 Å². The lowest BCUT2D eigenvalue weighted by Gasteiger charge is -2.11. The maximum absolute atomic E-state index is 11.6. The minimum absolute atomic E-state index is 0.183. The molecule has 0 radical (unpaired) electrons. The van der Waals surface area contributed by atoms with Gasteiger partial charge in [0, 0.05) is 13.1 Å². The largest absolute Gasteiger partial charge is 0.465 e. The van der Waals surface area contributed by atoms with Crippen LogP contribution < -0.4 is 11.1 Å².